The Balaban J connectivity index is 2.09. The number of anilines is 1. The van der Waals surface area contributed by atoms with Crippen molar-refractivity contribution in [2.24, 2.45) is 0 Å². The van der Waals surface area contributed by atoms with Crippen LogP contribution in [0.3, 0.4) is 0 Å². The quantitative estimate of drug-likeness (QED) is 0.832. The summed E-state index contributed by atoms with van der Waals surface area (Å²) < 4.78 is 13.7. The van der Waals surface area contributed by atoms with E-state index in [1.807, 2.05) is 36.4 Å². The van der Waals surface area contributed by atoms with Crippen LogP contribution in [0.1, 0.15) is 18.1 Å². The normalized spacial score (nSPS) is 10.9. The molecule has 0 heterocycles. The molecule has 0 amide bonds. The Hall–Kier alpha value is -1.87. The van der Waals surface area contributed by atoms with Crippen molar-refractivity contribution in [2.75, 3.05) is 12.3 Å². The number of nitrogens with two attached hydrogens (primary N) is 1. The highest BCUT2D eigenvalue weighted by Crippen LogP contribution is 2.16. The minimum atomic E-state index is -0.151. The van der Waals surface area contributed by atoms with E-state index >= 15 is 0 Å². The van der Waals surface area contributed by atoms with Crippen LogP contribution in [0.4, 0.5) is 10.1 Å². The van der Waals surface area contributed by atoms with Crippen molar-refractivity contribution in [1.82, 2.24) is 4.90 Å². The van der Waals surface area contributed by atoms with Crippen LogP contribution in [0.5, 0.6) is 0 Å². The largest absolute Gasteiger partial charge is 0.398 e. The lowest BCUT2D eigenvalue weighted by Crippen LogP contribution is -2.23. The van der Waals surface area contributed by atoms with Gasteiger partial charge in [0.2, 0.25) is 0 Å². The van der Waals surface area contributed by atoms with Gasteiger partial charge in [-0.2, -0.15) is 0 Å². The molecule has 2 aromatic carbocycles. The summed E-state index contributed by atoms with van der Waals surface area (Å²) in [5, 5.41) is 0. The van der Waals surface area contributed by atoms with E-state index in [2.05, 4.69) is 11.8 Å². The minimum absolute atomic E-state index is 0.151. The fourth-order valence-corrected chi connectivity index (χ4v) is 2.07. The van der Waals surface area contributed by atoms with Crippen LogP contribution in [0.2, 0.25) is 0 Å². The summed E-state index contributed by atoms with van der Waals surface area (Å²) in [6.45, 7) is 4.25. The van der Waals surface area contributed by atoms with Crippen LogP contribution in [0.25, 0.3) is 0 Å². The van der Waals surface area contributed by atoms with E-state index in [9.17, 15) is 4.39 Å². The van der Waals surface area contributed by atoms with Crippen LogP contribution < -0.4 is 5.73 Å². The molecule has 0 radical (unpaired) electrons. The molecule has 0 spiro atoms. The van der Waals surface area contributed by atoms with Gasteiger partial charge in [-0.1, -0.05) is 43.3 Å². The van der Waals surface area contributed by atoms with Gasteiger partial charge < -0.3 is 5.73 Å². The second kappa shape index (κ2) is 6.34. The van der Waals surface area contributed by atoms with E-state index in [4.69, 9.17) is 5.73 Å². The maximum absolute atomic E-state index is 13.7. The van der Waals surface area contributed by atoms with Gasteiger partial charge in [0.15, 0.2) is 0 Å². The van der Waals surface area contributed by atoms with Crippen LogP contribution in [0.15, 0.2) is 48.5 Å². The number of nitrogens with zero attached hydrogens (tertiary/aromatic N) is 1. The molecule has 0 aliphatic rings. The number of para-hydroxylation sites is 1. The second-order valence-corrected chi connectivity index (χ2v) is 4.59. The molecule has 2 rings (SSSR count). The predicted octanol–water partition coefficient (Wildman–Crippen LogP) is 3.43. The van der Waals surface area contributed by atoms with Crippen molar-refractivity contribution in [3.8, 4) is 0 Å². The zero-order valence-electron chi connectivity index (χ0n) is 11.1. The van der Waals surface area contributed by atoms with Gasteiger partial charge >= 0.3 is 0 Å². The molecule has 0 atom stereocenters. The third-order valence-electron chi connectivity index (χ3n) is 3.25. The monoisotopic (exact) mass is 258 g/mol. The summed E-state index contributed by atoms with van der Waals surface area (Å²) in [7, 11) is 0. The molecule has 2 aromatic rings. The third kappa shape index (κ3) is 3.55. The SMILES string of the molecule is CCN(Cc1ccccc1N)Cc1ccccc1F. The van der Waals surface area contributed by atoms with E-state index in [0.717, 1.165) is 29.9 Å². The first-order chi connectivity index (χ1) is 9.20. The molecule has 0 unspecified atom stereocenters. The standard InChI is InChI=1S/C16H19FN2/c1-2-19(11-13-7-3-5-9-15(13)17)12-14-8-4-6-10-16(14)18/h3-10H,2,11-12,18H2,1H3. The van der Waals surface area contributed by atoms with Gasteiger partial charge in [0, 0.05) is 24.3 Å². The Labute approximate surface area is 113 Å². The van der Waals surface area contributed by atoms with Gasteiger partial charge in [-0.15, -0.1) is 0 Å². The first-order valence-electron chi connectivity index (χ1n) is 6.50. The summed E-state index contributed by atoms with van der Waals surface area (Å²) in [4.78, 5) is 2.17. The van der Waals surface area contributed by atoms with Gasteiger partial charge in [0.25, 0.3) is 0 Å². The first kappa shape index (κ1) is 13.6. The molecule has 0 fully saturated rings. The molecule has 0 bridgehead atoms. The molecule has 0 aliphatic heterocycles. The number of nitrogen functional groups attached to an aromatic ring is 1. The molecule has 2 nitrogen and oxygen atoms in total. The van der Waals surface area contributed by atoms with Gasteiger partial charge in [-0.05, 0) is 24.2 Å². The van der Waals surface area contributed by atoms with Crippen LogP contribution >= 0.6 is 0 Å². The molecule has 3 heteroatoms. The summed E-state index contributed by atoms with van der Waals surface area (Å²) in [5.74, 6) is -0.151. The Kier molecular flexibility index (Phi) is 4.53. The Morgan fingerprint density at radius 3 is 2.16 bits per heavy atom. The summed E-state index contributed by atoms with van der Waals surface area (Å²) in [6.07, 6.45) is 0. The van der Waals surface area contributed by atoms with Crippen molar-refractivity contribution in [3.05, 3.63) is 65.5 Å². The molecular formula is C16H19FN2. The van der Waals surface area contributed by atoms with Crippen LogP contribution in [0, 0.1) is 5.82 Å². The van der Waals surface area contributed by atoms with Crippen LogP contribution in [-0.2, 0) is 13.1 Å². The number of rotatable bonds is 5. The molecule has 19 heavy (non-hydrogen) atoms. The summed E-state index contributed by atoms with van der Waals surface area (Å²) in [6, 6.07) is 14.7. The topological polar surface area (TPSA) is 29.3 Å². The van der Waals surface area contributed by atoms with E-state index in [-0.39, 0.29) is 5.82 Å². The number of halogens is 1. The van der Waals surface area contributed by atoms with E-state index in [1.54, 1.807) is 6.07 Å². The zero-order valence-corrected chi connectivity index (χ0v) is 11.1. The van der Waals surface area contributed by atoms with Crippen molar-refractivity contribution in [1.29, 1.82) is 0 Å². The lowest BCUT2D eigenvalue weighted by atomic mass is 10.1. The highest BCUT2D eigenvalue weighted by atomic mass is 19.1. The highest BCUT2D eigenvalue weighted by Gasteiger charge is 2.09. The number of hydrogen-bond donors (Lipinski definition) is 1. The van der Waals surface area contributed by atoms with Crippen molar-refractivity contribution >= 4 is 5.69 Å². The van der Waals surface area contributed by atoms with Gasteiger partial charge in [-0.3, -0.25) is 4.90 Å². The Morgan fingerprint density at radius 2 is 1.53 bits per heavy atom. The van der Waals surface area contributed by atoms with E-state index in [1.165, 1.54) is 6.07 Å². The maximum atomic E-state index is 13.7. The van der Waals surface area contributed by atoms with Gasteiger partial charge in [0.1, 0.15) is 5.82 Å². The summed E-state index contributed by atoms with van der Waals surface area (Å²) >= 11 is 0. The second-order valence-electron chi connectivity index (χ2n) is 4.59. The molecule has 0 saturated carbocycles. The molecular weight excluding hydrogens is 239 g/mol. The smallest absolute Gasteiger partial charge is 0.127 e. The molecule has 2 N–H and O–H groups in total. The maximum Gasteiger partial charge on any atom is 0.127 e. The molecule has 100 valence electrons. The van der Waals surface area contributed by atoms with Crippen molar-refractivity contribution in [2.45, 2.75) is 20.0 Å². The van der Waals surface area contributed by atoms with Crippen molar-refractivity contribution < 1.29 is 4.39 Å². The van der Waals surface area contributed by atoms with Gasteiger partial charge in [0.05, 0.1) is 0 Å². The first-order valence-corrected chi connectivity index (χ1v) is 6.50. The molecule has 0 saturated heterocycles. The molecule has 0 aliphatic carbocycles. The van der Waals surface area contributed by atoms with Crippen LogP contribution in [-0.4, -0.2) is 11.4 Å². The highest BCUT2D eigenvalue weighted by molar-refractivity contribution is 5.46. The van der Waals surface area contributed by atoms with E-state index in [0.29, 0.717) is 6.54 Å². The number of benzene rings is 2. The zero-order chi connectivity index (χ0) is 13.7. The average Bonchev–Trinajstić information content (AvgIpc) is 2.42. The minimum Gasteiger partial charge on any atom is -0.398 e. The lowest BCUT2D eigenvalue weighted by molar-refractivity contribution is 0.268. The lowest BCUT2D eigenvalue weighted by Gasteiger charge is -2.21. The summed E-state index contributed by atoms with van der Waals surface area (Å²) in [5.41, 5.74) is 8.54. The Morgan fingerprint density at radius 1 is 0.947 bits per heavy atom. The number of hydrogen-bond acceptors (Lipinski definition) is 2. The van der Waals surface area contributed by atoms with Crippen molar-refractivity contribution in [3.63, 3.8) is 0 Å². The third-order valence-corrected chi connectivity index (χ3v) is 3.25. The average molecular weight is 258 g/mol. The molecule has 0 aromatic heterocycles. The fraction of sp³-hybridized carbons (Fsp3) is 0.250. The Bertz CT molecular complexity index is 492. The fourth-order valence-electron chi connectivity index (χ4n) is 2.07. The predicted molar refractivity (Wildman–Crippen MR) is 77.0 cm³/mol. The van der Waals surface area contributed by atoms with Gasteiger partial charge in [-0.25, -0.2) is 4.39 Å². The van der Waals surface area contributed by atoms with E-state index < -0.39 is 0 Å².